The predicted molar refractivity (Wildman–Crippen MR) is 68.9 cm³/mol. The van der Waals surface area contributed by atoms with E-state index in [2.05, 4.69) is 16.5 Å². The van der Waals surface area contributed by atoms with Crippen molar-refractivity contribution in [1.29, 1.82) is 0 Å². The van der Waals surface area contributed by atoms with Crippen LogP contribution in [0, 0.1) is 0 Å². The molecule has 0 spiro atoms. The van der Waals surface area contributed by atoms with Crippen LogP contribution in [0.3, 0.4) is 0 Å². The summed E-state index contributed by atoms with van der Waals surface area (Å²) in [4.78, 5) is 4.41. The van der Waals surface area contributed by atoms with Gasteiger partial charge in [0, 0.05) is 25.4 Å². The summed E-state index contributed by atoms with van der Waals surface area (Å²) in [5, 5.41) is 10.7. The fourth-order valence-electron chi connectivity index (χ4n) is 2.81. The average Bonchev–Trinajstić information content (AvgIpc) is 2.60. The quantitative estimate of drug-likeness (QED) is 0.816. The molecule has 17 heavy (non-hydrogen) atoms. The van der Waals surface area contributed by atoms with Gasteiger partial charge in [0.2, 0.25) is 0 Å². The lowest BCUT2D eigenvalue weighted by Crippen LogP contribution is -2.32. The molecule has 3 nitrogen and oxygen atoms in total. The number of hydrogen-bond donors (Lipinski definition) is 1. The van der Waals surface area contributed by atoms with E-state index in [4.69, 9.17) is 0 Å². The second kappa shape index (κ2) is 5.67. The molecule has 1 heterocycles. The van der Waals surface area contributed by atoms with E-state index in [1.54, 1.807) is 0 Å². The Morgan fingerprint density at radius 1 is 1.29 bits per heavy atom. The molecule has 0 bridgehead atoms. The summed E-state index contributed by atoms with van der Waals surface area (Å²) in [6, 6.07) is 0. The topological polar surface area (TPSA) is 38.0 Å². The Hall–Kier alpha value is -0.830. The molecular formula is C14H24N2O. The third-order valence-corrected chi connectivity index (χ3v) is 3.79. The van der Waals surface area contributed by atoms with Gasteiger partial charge in [0.15, 0.2) is 0 Å². The Balaban J connectivity index is 2.04. The highest BCUT2D eigenvalue weighted by Crippen LogP contribution is 2.29. The van der Waals surface area contributed by atoms with Gasteiger partial charge >= 0.3 is 0 Å². The highest BCUT2D eigenvalue weighted by atomic mass is 16.3. The zero-order chi connectivity index (χ0) is 12.1. The molecule has 0 unspecified atom stereocenters. The largest absolute Gasteiger partial charge is 0.389 e. The van der Waals surface area contributed by atoms with E-state index in [-0.39, 0.29) is 0 Å². The molecule has 96 valence electrons. The average molecular weight is 236 g/mol. The minimum absolute atomic E-state index is 0.507. The maximum Gasteiger partial charge on any atom is 0.111 e. The lowest BCUT2D eigenvalue weighted by atomic mass is 9.90. The van der Waals surface area contributed by atoms with Crippen molar-refractivity contribution in [3.8, 4) is 0 Å². The van der Waals surface area contributed by atoms with Crippen LogP contribution >= 0.6 is 0 Å². The molecule has 0 aliphatic heterocycles. The molecule has 1 aromatic heterocycles. The van der Waals surface area contributed by atoms with Crippen LogP contribution in [0.1, 0.15) is 57.7 Å². The maximum atomic E-state index is 10.7. The Labute approximate surface area is 104 Å². The molecule has 1 saturated carbocycles. The van der Waals surface area contributed by atoms with Gasteiger partial charge < -0.3 is 9.67 Å². The Kier molecular flexibility index (Phi) is 4.21. The minimum Gasteiger partial charge on any atom is -0.389 e. The van der Waals surface area contributed by atoms with Crippen LogP contribution in [0.4, 0.5) is 0 Å². The summed E-state index contributed by atoms with van der Waals surface area (Å²) in [6.45, 7) is 3.18. The molecule has 1 N–H and O–H groups in total. The molecule has 1 aliphatic rings. The molecule has 1 aromatic rings. The second-order valence-corrected chi connectivity index (χ2v) is 5.35. The van der Waals surface area contributed by atoms with Crippen LogP contribution in [0.5, 0.6) is 0 Å². The van der Waals surface area contributed by atoms with Crippen LogP contribution in [0.15, 0.2) is 12.4 Å². The number of imidazole rings is 1. The molecule has 3 heteroatoms. The first-order valence-electron chi connectivity index (χ1n) is 6.96. The normalized spacial score (nSPS) is 20.1. The lowest BCUT2D eigenvalue weighted by Gasteiger charge is -2.26. The van der Waals surface area contributed by atoms with Crippen LogP contribution in [0.2, 0.25) is 0 Å². The summed E-state index contributed by atoms with van der Waals surface area (Å²) in [7, 11) is 0. The van der Waals surface area contributed by atoms with E-state index >= 15 is 0 Å². The van der Waals surface area contributed by atoms with E-state index in [0.717, 1.165) is 50.9 Å². The van der Waals surface area contributed by atoms with Gasteiger partial charge in [-0.15, -0.1) is 0 Å². The Morgan fingerprint density at radius 3 is 2.65 bits per heavy atom. The zero-order valence-electron chi connectivity index (χ0n) is 10.9. The highest BCUT2D eigenvalue weighted by molar-refractivity contribution is 4.99. The SMILES string of the molecule is CCCn1ccnc1CC1(O)CCCCCC1. The van der Waals surface area contributed by atoms with Crippen molar-refractivity contribution in [2.45, 2.75) is 70.4 Å². The van der Waals surface area contributed by atoms with E-state index in [0.29, 0.717) is 0 Å². The first-order valence-corrected chi connectivity index (χ1v) is 6.96. The van der Waals surface area contributed by atoms with Gasteiger partial charge in [-0.05, 0) is 19.3 Å². The van der Waals surface area contributed by atoms with Crippen molar-refractivity contribution < 1.29 is 5.11 Å². The molecule has 2 rings (SSSR count). The molecule has 0 amide bonds. The monoisotopic (exact) mass is 236 g/mol. The van der Waals surface area contributed by atoms with Gasteiger partial charge in [-0.3, -0.25) is 0 Å². The third-order valence-electron chi connectivity index (χ3n) is 3.79. The number of nitrogens with zero attached hydrogens (tertiary/aromatic N) is 2. The minimum atomic E-state index is -0.507. The third kappa shape index (κ3) is 3.32. The molecule has 0 atom stereocenters. The summed E-state index contributed by atoms with van der Waals surface area (Å²) in [6.07, 6.45) is 12.4. The van der Waals surface area contributed by atoms with E-state index in [9.17, 15) is 5.11 Å². The highest BCUT2D eigenvalue weighted by Gasteiger charge is 2.29. The van der Waals surface area contributed by atoms with E-state index in [1.165, 1.54) is 12.8 Å². The summed E-state index contributed by atoms with van der Waals surface area (Å²) < 4.78 is 2.18. The van der Waals surface area contributed by atoms with Gasteiger partial charge in [-0.1, -0.05) is 32.6 Å². The van der Waals surface area contributed by atoms with Crippen LogP contribution in [0.25, 0.3) is 0 Å². The van der Waals surface area contributed by atoms with Crippen molar-refractivity contribution in [2.75, 3.05) is 0 Å². The maximum absolute atomic E-state index is 10.7. The van der Waals surface area contributed by atoms with Crippen molar-refractivity contribution in [2.24, 2.45) is 0 Å². The van der Waals surface area contributed by atoms with E-state index in [1.807, 2.05) is 12.4 Å². The van der Waals surface area contributed by atoms with Gasteiger partial charge in [0.05, 0.1) is 5.60 Å². The zero-order valence-corrected chi connectivity index (χ0v) is 10.9. The van der Waals surface area contributed by atoms with Crippen LogP contribution in [-0.4, -0.2) is 20.3 Å². The summed E-state index contributed by atoms with van der Waals surface area (Å²) in [5.74, 6) is 1.05. The molecule has 0 saturated heterocycles. The first-order chi connectivity index (χ1) is 8.23. The first kappa shape index (κ1) is 12.6. The smallest absolute Gasteiger partial charge is 0.111 e. The molecule has 0 radical (unpaired) electrons. The fourth-order valence-corrected chi connectivity index (χ4v) is 2.81. The van der Waals surface area contributed by atoms with Crippen molar-refractivity contribution in [1.82, 2.24) is 9.55 Å². The van der Waals surface area contributed by atoms with Crippen LogP contribution in [-0.2, 0) is 13.0 Å². The molecular weight excluding hydrogens is 212 g/mol. The Bertz CT molecular complexity index is 338. The molecule has 1 fully saturated rings. The number of hydrogen-bond acceptors (Lipinski definition) is 2. The van der Waals surface area contributed by atoms with Gasteiger partial charge in [-0.25, -0.2) is 4.98 Å². The van der Waals surface area contributed by atoms with Crippen molar-refractivity contribution in [3.05, 3.63) is 18.2 Å². The second-order valence-electron chi connectivity index (χ2n) is 5.35. The van der Waals surface area contributed by atoms with Crippen molar-refractivity contribution in [3.63, 3.8) is 0 Å². The summed E-state index contributed by atoms with van der Waals surface area (Å²) in [5.41, 5.74) is -0.507. The van der Waals surface area contributed by atoms with Crippen LogP contribution < -0.4 is 0 Å². The van der Waals surface area contributed by atoms with E-state index < -0.39 is 5.60 Å². The van der Waals surface area contributed by atoms with Gasteiger partial charge in [0.1, 0.15) is 5.82 Å². The number of aromatic nitrogens is 2. The fraction of sp³-hybridized carbons (Fsp3) is 0.786. The van der Waals surface area contributed by atoms with Gasteiger partial charge in [0.25, 0.3) is 0 Å². The summed E-state index contributed by atoms with van der Waals surface area (Å²) >= 11 is 0. The number of rotatable bonds is 4. The molecule has 0 aromatic carbocycles. The number of aryl methyl sites for hydroxylation is 1. The lowest BCUT2D eigenvalue weighted by molar-refractivity contribution is 0.0226. The standard InChI is InChI=1S/C14H24N2O/c1-2-10-16-11-9-15-13(16)12-14(17)7-5-3-4-6-8-14/h9,11,17H,2-8,10,12H2,1H3. The van der Waals surface area contributed by atoms with Crippen molar-refractivity contribution >= 4 is 0 Å². The van der Waals surface area contributed by atoms with Gasteiger partial charge in [-0.2, -0.15) is 0 Å². The molecule has 1 aliphatic carbocycles. The predicted octanol–water partition coefficient (Wildman–Crippen LogP) is 2.92. The number of aliphatic hydroxyl groups is 1. The Morgan fingerprint density at radius 2 is 2.00 bits per heavy atom.